The molecule has 21 heteroatoms. The van der Waals surface area contributed by atoms with Gasteiger partial charge in [-0.1, -0.05) is 13.8 Å². The highest BCUT2D eigenvalue weighted by atomic mass is 19.4. The highest BCUT2D eigenvalue weighted by Gasteiger charge is 2.93. The summed E-state index contributed by atoms with van der Waals surface area (Å²) < 4.78 is 233. The summed E-state index contributed by atoms with van der Waals surface area (Å²) >= 11 is 0. The molecule has 0 aromatic heterocycles. The van der Waals surface area contributed by atoms with Crippen LogP contribution in [0.25, 0.3) is 0 Å². The molecular weight excluding hydrogens is 625 g/mol. The SMILES string of the molecule is CC(C)COC(=O)Nc1ccc(OC(F)=C(F)C(F)(F)C(F)(F)C(F)(F)C(F)(F)C(F)(F)C(F)(F)C(F)(F)F)cc1. The molecule has 0 aliphatic heterocycles. The van der Waals surface area contributed by atoms with Crippen LogP contribution in [0.3, 0.4) is 0 Å². The van der Waals surface area contributed by atoms with E-state index in [1.165, 1.54) is 0 Å². The first kappa shape index (κ1) is 35.9. The summed E-state index contributed by atoms with van der Waals surface area (Å²) in [4.78, 5) is 11.5. The molecule has 1 amide bonds. The van der Waals surface area contributed by atoms with Crippen molar-refractivity contribution in [2.24, 2.45) is 5.92 Å². The lowest BCUT2D eigenvalue weighted by Crippen LogP contribution is -2.72. The second-order valence-electron chi connectivity index (χ2n) is 8.28. The fourth-order valence-corrected chi connectivity index (χ4v) is 2.38. The number of hydrogen-bond acceptors (Lipinski definition) is 3. The molecule has 0 aliphatic rings. The van der Waals surface area contributed by atoms with Gasteiger partial charge in [0.25, 0.3) is 0 Å². The average molecular weight is 639 g/mol. The van der Waals surface area contributed by atoms with Gasteiger partial charge in [0.1, 0.15) is 5.75 Å². The third-order valence-corrected chi connectivity index (χ3v) is 4.63. The Hall–Kier alpha value is -3.16. The molecule has 41 heavy (non-hydrogen) atoms. The Morgan fingerprint density at radius 3 is 1.54 bits per heavy atom. The number of rotatable bonds is 11. The Kier molecular flexibility index (Phi) is 9.85. The molecule has 0 saturated carbocycles. The summed E-state index contributed by atoms with van der Waals surface area (Å²) in [6.07, 6.45) is -8.86. The van der Waals surface area contributed by atoms with E-state index in [2.05, 4.69) is 10.1 Å². The molecule has 1 rings (SSSR count). The molecular formula is C20H14F17NO3. The minimum atomic E-state index is -8.66. The molecule has 0 atom stereocenters. The van der Waals surface area contributed by atoms with Crippen LogP contribution in [0.15, 0.2) is 36.1 Å². The van der Waals surface area contributed by atoms with Gasteiger partial charge >= 0.3 is 53.8 Å². The van der Waals surface area contributed by atoms with E-state index < -0.39 is 65.4 Å². The summed E-state index contributed by atoms with van der Waals surface area (Å²) in [5, 5.41) is 2.05. The maximum absolute atomic E-state index is 13.8. The monoisotopic (exact) mass is 639 g/mol. The molecule has 0 radical (unpaired) electrons. The predicted octanol–water partition coefficient (Wildman–Crippen LogP) is 8.75. The second-order valence-corrected chi connectivity index (χ2v) is 8.28. The van der Waals surface area contributed by atoms with Crippen molar-refractivity contribution in [3.05, 3.63) is 36.1 Å². The van der Waals surface area contributed by atoms with Crippen molar-refractivity contribution in [1.82, 2.24) is 0 Å². The molecule has 236 valence electrons. The topological polar surface area (TPSA) is 47.6 Å². The van der Waals surface area contributed by atoms with Gasteiger partial charge < -0.3 is 9.47 Å². The number of anilines is 1. The third kappa shape index (κ3) is 6.36. The highest BCUT2D eigenvalue weighted by Crippen LogP contribution is 2.63. The molecule has 4 nitrogen and oxygen atoms in total. The van der Waals surface area contributed by atoms with Crippen molar-refractivity contribution in [1.29, 1.82) is 0 Å². The van der Waals surface area contributed by atoms with Gasteiger partial charge in [0.15, 0.2) is 0 Å². The lowest BCUT2D eigenvalue weighted by Gasteiger charge is -2.41. The van der Waals surface area contributed by atoms with E-state index in [0.29, 0.717) is 12.1 Å². The van der Waals surface area contributed by atoms with Crippen molar-refractivity contribution in [2.75, 3.05) is 11.9 Å². The molecule has 0 aliphatic carbocycles. The first-order valence-electron chi connectivity index (χ1n) is 10.2. The highest BCUT2D eigenvalue weighted by molar-refractivity contribution is 5.84. The zero-order valence-corrected chi connectivity index (χ0v) is 19.7. The number of carbonyl (C=O) groups excluding carboxylic acids is 1. The zero-order valence-electron chi connectivity index (χ0n) is 19.7. The van der Waals surface area contributed by atoms with Gasteiger partial charge in [0.05, 0.1) is 6.61 Å². The number of amides is 1. The zero-order chi connectivity index (χ0) is 32.6. The van der Waals surface area contributed by atoms with Crippen molar-refractivity contribution in [3.63, 3.8) is 0 Å². The van der Waals surface area contributed by atoms with E-state index in [4.69, 9.17) is 4.74 Å². The number of hydrogen-bond donors (Lipinski definition) is 1. The molecule has 0 unspecified atom stereocenters. The number of benzene rings is 1. The van der Waals surface area contributed by atoms with E-state index in [0.717, 1.165) is 12.1 Å². The first-order chi connectivity index (χ1) is 18.1. The van der Waals surface area contributed by atoms with Crippen LogP contribution in [0.1, 0.15) is 13.8 Å². The number of nitrogens with one attached hydrogen (secondary N) is 1. The normalized spacial score (nSPS) is 15.0. The minimum Gasteiger partial charge on any atom is -0.449 e. The Morgan fingerprint density at radius 2 is 1.12 bits per heavy atom. The van der Waals surface area contributed by atoms with Gasteiger partial charge in [-0.3, -0.25) is 5.32 Å². The Labute approximate surface area is 217 Å². The third-order valence-electron chi connectivity index (χ3n) is 4.63. The summed E-state index contributed by atoms with van der Waals surface area (Å²) in [7, 11) is 0. The van der Waals surface area contributed by atoms with Crippen LogP contribution >= 0.6 is 0 Å². The summed E-state index contributed by atoms with van der Waals surface area (Å²) in [5.74, 6) is -55.7. The fourth-order valence-electron chi connectivity index (χ4n) is 2.38. The van der Waals surface area contributed by atoms with Crippen molar-refractivity contribution >= 4 is 11.8 Å². The molecule has 0 bridgehead atoms. The number of allylic oxidation sites excluding steroid dienone is 1. The van der Waals surface area contributed by atoms with Crippen molar-refractivity contribution in [3.8, 4) is 5.75 Å². The van der Waals surface area contributed by atoms with E-state index in [-0.39, 0.29) is 18.2 Å². The number of alkyl halides is 15. The van der Waals surface area contributed by atoms with E-state index in [1.807, 2.05) is 0 Å². The van der Waals surface area contributed by atoms with Gasteiger partial charge in [0, 0.05) is 5.69 Å². The van der Waals surface area contributed by atoms with Crippen LogP contribution in [0.5, 0.6) is 5.75 Å². The molecule has 0 heterocycles. The van der Waals surface area contributed by atoms with E-state index in [1.54, 1.807) is 13.8 Å². The van der Waals surface area contributed by atoms with Crippen LogP contribution in [0, 0.1) is 5.92 Å². The summed E-state index contributed by atoms with van der Waals surface area (Å²) in [6.45, 7) is 3.26. The smallest absolute Gasteiger partial charge is 0.449 e. The summed E-state index contributed by atoms with van der Waals surface area (Å²) in [6, 6.07) is -1.10. The fraction of sp³-hybridized carbons (Fsp3) is 0.550. The van der Waals surface area contributed by atoms with Gasteiger partial charge in [-0.15, -0.1) is 0 Å². The molecule has 0 saturated heterocycles. The van der Waals surface area contributed by atoms with Crippen LogP contribution in [0.2, 0.25) is 0 Å². The van der Waals surface area contributed by atoms with E-state index >= 15 is 0 Å². The first-order valence-corrected chi connectivity index (χ1v) is 10.2. The quantitative estimate of drug-likeness (QED) is 0.195. The average Bonchev–Trinajstić information content (AvgIpc) is 2.82. The largest absolute Gasteiger partial charge is 0.460 e. The lowest BCUT2D eigenvalue weighted by atomic mass is 9.91. The maximum atomic E-state index is 13.8. The molecule has 1 aromatic carbocycles. The Bertz CT molecular complexity index is 1110. The van der Waals surface area contributed by atoms with Gasteiger partial charge in [-0.05, 0) is 30.2 Å². The molecule has 1 N–H and O–H groups in total. The van der Waals surface area contributed by atoms with Gasteiger partial charge in [-0.2, -0.15) is 74.6 Å². The predicted molar refractivity (Wildman–Crippen MR) is 102 cm³/mol. The number of carbonyl (C=O) groups is 1. The standard InChI is InChI=1S/C20H14F17NO3/c1-8(2)7-40-13(39)38-9-3-5-10(6-4-9)41-12(22)11(21)14(23,24)15(25,26)16(27,28)17(29,30)18(31,32)19(33,34)20(35,36)37/h3-6,8H,7H2,1-2H3,(H,38,39). The van der Waals surface area contributed by atoms with Crippen molar-refractivity contribution < 1.29 is 88.9 Å². The van der Waals surface area contributed by atoms with Crippen molar-refractivity contribution in [2.45, 2.75) is 55.6 Å². The number of ether oxygens (including phenoxy) is 2. The van der Waals surface area contributed by atoms with Crippen LogP contribution < -0.4 is 10.1 Å². The van der Waals surface area contributed by atoms with Gasteiger partial charge in [0.2, 0.25) is 5.83 Å². The van der Waals surface area contributed by atoms with E-state index in [9.17, 15) is 79.4 Å². The maximum Gasteiger partial charge on any atom is 0.460 e. The molecule has 0 fully saturated rings. The minimum absolute atomic E-state index is 0.0610. The van der Waals surface area contributed by atoms with Gasteiger partial charge in [-0.25, -0.2) is 4.79 Å². The number of halogens is 17. The van der Waals surface area contributed by atoms with Crippen LogP contribution in [-0.2, 0) is 4.74 Å². The second kappa shape index (κ2) is 11.3. The summed E-state index contributed by atoms with van der Waals surface area (Å²) in [5.41, 5.74) is -0.203. The molecule has 0 spiro atoms. The van der Waals surface area contributed by atoms with Crippen LogP contribution in [0.4, 0.5) is 85.1 Å². The Balaban J connectivity index is 3.34. The van der Waals surface area contributed by atoms with Crippen LogP contribution in [-0.4, -0.2) is 54.4 Å². The lowest BCUT2D eigenvalue weighted by molar-refractivity contribution is -0.451. The Morgan fingerprint density at radius 1 is 0.707 bits per heavy atom. The molecule has 1 aromatic rings.